The van der Waals surface area contributed by atoms with Gasteiger partial charge < -0.3 is 4.57 Å². The Kier molecular flexibility index (Phi) is 3.59. The Morgan fingerprint density at radius 2 is 2.16 bits per heavy atom. The summed E-state index contributed by atoms with van der Waals surface area (Å²) in [7, 11) is 0. The van der Waals surface area contributed by atoms with Crippen LogP contribution >= 0.6 is 0 Å². The second kappa shape index (κ2) is 5.17. The number of hydrogen-bond donors (Lipinski definition) is 0. The standard InChI is InChI=1S/C13H16N4O2/c1-9(2)7-16-8-14-15-13(16)11-6-10(3)4-5-12(11)17(18)19/h4-6,8-9H,7H2,1-3H3. The van der Waals surface area contributed by atoms with Crippen LogP contribution in [0.1, 0.15) is 19.4 Å². The van der Waals surface area contributed by atoms with E-state index >= 15 is 0 Å². The Balaban J connectivity index is 2.55. The van der Waals surface area contributed by atoms with Crippen LogP contribution in [0.4, 0.5) is 5.69 Å². The van der Waals surface area contributed by atoms with Crippen LogP contribution in [-0.2, 0) is 6.54 Å². The molecule has 1 heterocycles. The van der Waals surface area contributed by atoms with Crippen molar-refractivity contribution in [2.75, 3.05) is 0 Å². The summed E-state index contributed by atoms with van der Waals surface area (Å²) in [6.45, 7) is 6.78. The fraction of sp³-hybridized carbons (Fsp3) is 0.385. The minimum atomic E-state index is -0.386. The van der Waals surface area contributed by atoms with Crippen molar-refractivity contribution in [3.05, 3.63) is 40.2 Å². The van der Waals surface area contributed by atoms with Crippen LogP contribution in [0.5, 0.6) is 0 Å². The molecule has 6 nitrogen and oxygen atoms in total. The predicted octanol–water partition coefficient (Wildman–Crippen LogP) is 2.82. The Hall–Kier alpha value is -2.24. The molecule has 0 radical (unpaired) electrons. The van der Waals surface area contributed by atoms with E-state index in [9.17, 15) is 10.1 Å². The average Bonchev–Trinajstić information content (AvgIpc) is 2.75. The van der Waals surface area contributed by atoms with Gasteiger partial charge in [0.1, 0.15) is 6.33 Å². The topological polar surface area (TPSA) is 73.8 Å². The van der Waals surface area contributed by atoms with Crippen molar-refractivity contribution in [2.45, 2.75) is 27.3 Å². The van der Waals surface area contributed by atoms with E-state index in [4.69, 9.17) is 0 Å². The summed E-state index contributed by atoms with van der Waals surface area (Å²) >= 11 is 0. The lowest BCUT2D eigenvalue weighted by Crippen LogP contribution is -2.06. The van der Waals surface area contributed by atoms with Gasteiger partial charge in [0.25, 0.3) is 5.69 Å². The van der Waals surface area contributed by atoms with E-state index in [1.807, 2.05) is 11.5 Å². The molecule has 0 atom stereocenters. The van der Waals surface area contributed by atoms with Crippen LogP contribution in [-0.4, -0.2) is 19.7 Å². The first-order valence-electron chi connectivity index (χ1n) is 6.12. The first-order chi connectivity index (χ1) is 8.99. The quantitative estimate of drug-likeness (QED) is 0.625. The molecule has 0 fully saturated rings. The molecule has 2 aromatic rings. The Morgan fingerprint density at radius 1 is 1.42 bits per heavy atom. The van der Waals surface area contributed by atoms with Crippen LogP contribution in [0, 0.1) is 23.0 Å². The van der Waals surface area contributed by atoms with Gasteiger partial charge in [-0.1, -0.05) is 19.9 Å². The van der Waals surface area contributed by atoms with Gasteiger partial charge in [0.05, 0.1) is 10.5 Å². The summed E-state index contributed by atoms with van der Waals surface area (Å²) in [5.74, 6) is 0.961. The molecule has 0 aliphatic heterocycles. The SMILES string of the molecule is Cc1ccc([N+](=O)[O-])c(-c2nncn2CC(C)C)c1. The first kappa shape index (κ1) is 13.2. The summed E-state index contributed by atoms with van der Waals surface area (Å²) in [6.07, 6.45) is 1.61. The third-order valence-corrected chi connectivity index (χ3v) is 2.77. The smallest absolute Gasteiger partial charge is 0.280 e. The lowest BCUT2D eigenvalue weighted by atomic mass is 10.1. The van der Waals surface area contributed by atoms with Gasteiger partial charge in [0.2, 0.25) is 0 Å². The molecule has 0 N–H and O–H groups in total. The predicted molar refractivity (Wildman–Crippen MR) is 71.7 cm³/mol. The molecule has 1 aromatic carbocycles. The van der Waals surface area contributed by atoms with E-state index < -0.39 is 0 Å². The van der Waals surface area contributed by atoms with Crippen molar-refractivity contribution in [1.29, 1.82) is 0 Å². The summed E-state index contributed by atoms with van der Waals surface area (Å²) in [5, 5.41) is 19.0. The van der Waals surface area contributed by atoms with Gasteiger partial charge in [-0.25, -0.2) is 0 Å². The molecule has 0 bridgehead atoms. The maximum atomic E-state index is 11.1. The summed E-state index contributed by atoms with van der Waals surface area (Å²) in [6, 6.07) is 5.02. The summed E-state index contributed by atoms with van der Waals surface area (Å²) in [4.78, 5) is 10.7. The minimum absolute atomic E-state index is 0.0589. The van der Waals surface area contributed by atoms with E-state index in [2.05, 4.69) is 24.0 Å². The van der Waals surface area contributed by atoms with Crippen LogP contribution in [0.2, 0.25) is 0 Å². The van der Waals surface area contributed by atoms with Gasteiger partial charge in [0.15, 0.2) is 5.82 Å². The van der Waals surface area contributed by atoms with E-state index in [0.29, 0.717) is 17.3 Å². The number of hydrogen-bond acceptors (Lipinski definition) is 4. The molecule has 100 valence electrons. The maximum absolute atomic E-state index is 11.1. The summed E-state index contributed by atoms with van der Waals surface area (Å²) < 4.78 is 1.85. The number of aromatic nitrogens is 3. The van der Waals surface area contributed by atoms with Crippen LogP contribution in [0.15, 0.2) is 24.5 Å². The van der Waals surface area contributed by atoms with Crippen molar-refractivity contribution in [3.63, 3.8) is 0 Å². The fourth-order valence-corrected chi connectivity index (χ4v) is 1.98. The van der Waals surface area contributed by atoms with Crippen LogP contribution in [0.25, 0.3) is 11.4 Å². The van der Waals surface area contributed by atoms with E-state index in [-0.39, 0.29) is 10.6 Å². The van der Waals surface area contributed by atoms with Crippen molar-refractivity contribution in [3.8, 4) is 11.4 Å². The Bertz CT molecular complexity index is 604. The highest BCUT2D eigenvalue weighted by atomic mass is 16.6. The molecule has 0 saturated heterocycles. The van der Waals surface area contributed by atoms with E-state index in [0.717, 1.165) is 12.1 Å². The third kappa shape index (κ3) is 2.78. The number of nitro benzene ring substituents is 1. The first-order valence-corrected chi connectivity index (χ1v) is 6.12. The van der Waals surface area contributed by atoms with Gasteiger partial charge in [-0.3, -0.25) is 10.1 Å². The zero-order chi connectivity index (χ0) is 14.0. The molecule has 1 aromatic heterocycles. The van der Waals surface area contributed by atoms with Gasteiger partial charge in [-0.15, -0.1) is 10.2 Å². The zero-order valence-electron chi connectivity index (χ0n) is 11.2. The molecule has 0 spiro atoms. The zero-order valence-corrected chi connectivity index (χ0v) is 11.2. The second-order valence-electron chi connectivity index (χ2n) is 4.98. The van der Waals surface area contributed by atoms with Gasteiger partial charge in [-0.2, -0.15) is 0 Å². The monoisotopic (exact) mass is 260 g/mol. The van der Waals surface area contributed by atoms with Gasteiger partial charge in [0, 0.05) is 12.6 Å². The molecular weight excluding hydrogens is 244 g/mol. The molecule has 19 heavy (non-hydrogen) atoms. The van der Waals surface area contributed by atoms with Crippen LogP contribution in [0.3, 0.4) is 0 Å². The fourth-order valence-electron chi connectivity index (χ4n) is 1.98. The molecule has 0 unspecified atom stereocenters. The Labute approximate surface area is 111 Å². The molecular formula is C13H16N4O2. The molecule has 6 heteroatoms. The van der Waals surface area contributed by atoms with Crippen molar-refractivity contribution < 1.29 is 4.92 Å². The molecule has 2 rings (SSSR count). The van der Waals surface area contributed by atoms with Gasteiger partial charge >= 0.3 is 0 Å². The highest BCUT2D eigenvalue weighted by molar-refractivity contribution is 5.68. The van der Waals surface area contributed by atoms with Crippen molar-refractivity contribution in [2.24, 2.45) is 5.92 Å². The molecule has 0 amide bonds. The van der Waals surface area contributed by atoms with Crippen molar-refractivity contribution in [1.82, 2.24) is 14.8 Å². The second-order valence-corrected chi connectivity index (χ2v) is 4.98. The lowest BCUT2D eigenvalue weighted by Gasteiger charge is -2.09. The van der Waals surface area contributed by atoms with E-state index in [1.165, 1.54) is 6.07 Å². The van der Waals surface area contributed by atoms with Gasteiger partial charge in [-0.05, 0) is 24.5 Å². The van der Waals surface area contributed by atoms with E-state index in [1.54, 1.807) is 18.5 Å². The Morgan fingerprint density at radius 3 is 2.79 bits per heavy atom. The average molecular weight is 260 g/mol. The normalized spacial score (nSPS) is 10.9. The molecule has 0 aliphatic rings. The number of benzene rings is 1. The number of nitrogens with zero attached hydrogens (tertiary/aromatic N) is 4. The lowest BCUT2D eigenvalue weighted by molar-refractivity contribution is -0.384. The summed E-state index contributed by atoms with van der Waals surface area (Å²) in [5.41, 5.74) is 1.53. The molecule has 0 aliphatic carbocycles. The maximum Gasteiger partial charge on any atom is 0.280 e. The number of nitro groups is 1. The van der Waals surface area contributed by atoms with Crippen LogP contribution < -0.4 is 0 Å². The molecule has 0 saturated carbocycles. The minimum Gasteiger partial charge on any atom is -0.313 e. The van der Waals surface area contributed by atoms with Crippen molar-refractivity contribution >= 4 is 5.69 Å². The number of aryl methyl sites for hydroxylation is 1. The highest BCUT2D eigenvalue weighted by Crippen LogP contribution is 2.29. The highest BCUT2D eigenvalue weighted by Gasteiger charge is 2.20. The largest absolute Gasteiger partial charge is 0.313 e. The third-order valence-electron chi connectivity index (χ3n) is 2.77. The number of rotatable bonds is 4.